The van der Waals surface area contributed by atoms with Crippen LogP contribution in [0.2, 0.25) is 0 Å². The number of hydrogen-bond donors (Lipinski definition) is 2. The van der Waals surface area contributed by atoms with E-state index in [1.807, 2.05) is 0 Å². The Balaban J connectivity index is 2.50. The molecule has 0 fully saturated rings. The largest absolute Gasteiger partial charge is 0.389 e. The van der Waals surface area contributed by atoms with Gasteiger partial charge in [-0.2, -0.15) is 0 Å². The van der Waals surface area contributed by atoms with Crippen molar-refractivity contribution in [1.82, 2.24) is 0 Å². The van der Waals surface area contributed by atoms with E-state index in [0.29, 0.717) is 12.8 Å². The lowest BCUT2D eigenvalue weighted by Crippen LogP contribution is -2.34. The number of hydrogen-bond acceptors (Lipinski definition) is 2. The van der Waals surface area contributed by atoms with Crippen LogP contribution >= 0.6 is 0 Å². The molecule has 1 atom stereocenters. The molecule has 0 aromatic heterocycles. The Kier molecular flexibility index (Phi) is 3.61. The third kappa shape index (κ3) is 3.44. The zero-order valence-corrected chi connectivity index (χ0v) is 8.33. The third-order valence-corrected chi connectivity index (χ3v) is 2.31. The summed E-state index contributed by atoms with van der Waals surface area (Å²) in [6.45, 7) is 1.95. The summed E-state index contributed by atoms with van der Waals surface area (Å²) in [6, 6.07) is 6.29. The van der Waals surface area contributed by atoms with Crippen LogP contribution in [0.15, 0.2) is 24.3 Å². The standard InChI is InChI=1S/C11H16FNO/c1-11(14,8-13)7-6-9-2-4-10(12)5-3-9/h2-5,14H,6-8,13H2,1H3. The van der Waals surface area contributed by atoms with Crippen molar-refractivity contribution in [3.63, 3.8) is 0 Å². The number of nitrogens with two attached hydrogens (primary N) is 1. The molecule has 1 aromatic carbocycles. The van der Waals surface area contributed by atoms with E-state index < -0.39 is 5.60 Å². The van der Waals surface area contributed by atoms with Crippen molar-refractivity contribution < 1.29 is 9.50 Å². The predicted octanol–water partition coefficient (Wildman–Crippen LogP) is 1.47. The van der Waals surface area contributed by atoms with Gasteiger partial charge in [0.1, 0.15) is 5.82 Å². The van der Waals surface area contributed by atoms with Crippen LogP contribution in [0.4, 0.5) is 4.39 Å². The van der Waals surface area contributed by atoms with Crippen molar-refractivity contribution in [2.24, 2.45) is 5.73 Å². The summed E-state index contributed by atoms with van der Waals surface area (Å²) in [4.78, 5) is 0. The second-order valence-electron chi connectivity index (χ2n) is 3.83. The van der Waals surface area contributed by atoms with E-state index >= 15 is 0 Å². The van der Waals surface area contributed by atoms with Crippen molar-refractivity contribution in [3.05, 3.63) is 35.6 Å². The molecule has 1 aromatic rings. The molecule has 14 heavy (non-hydrogen) atoms. The molecule has 0 aliphatic carbocycles. The Morgan fingerprint density at radius 2 is 1.93 bits per heavy atom. The van der Waals surface area contributed by atoms with Gasteiger partial charge in [-0.15, -0.1) is 0 Å². The van der Waals surface area contributed by atoms with E-state index in [9.17, 15) is 9.50 Å². The van der Waals surface area contributed by atoms with Crippen molar-refractivity contribution >= 4 is 0 Å². The summed E-state index contributed by atoms with van der Waals surface area (Å²) in [5, 5.41) is 9.64. The molecule has 0 aliphatic rings. The van der Waals surface area contributed by atoms with Gasteiger partial charge in [0.15, 0.2) is 0 Å². The maximum atomic E-state index is 12.6. The monoisotopic (exact) mass is 197 g/mol. The molecule has 2 nitrogen and oxygen atoms in total. The highest BCUT2D eigenvalue weighted by atomic mass is 19.1. The van der Waals surface area contributed by atoms with Crippen LogP contribution in [0.25, 0.3) is 0 Å². The molecule has 3 N–H and O–H groups in total. The second-order valence-corrected chi connectivity index (χ2v) is 3.83. The first-order chi connectivity index (χ1) is 6.53. The van der Waals surface area contributed by atoms with Gasteiger partial charge >= 0.3 is 0 Å². The van der Waals surface area contributed by atoms with Crippen LogP contribution in [0, 0.1) is 5.82 Å². The second kappa shape index (κ2) is 4.53. The molecule has 0 aliphatic heterocycles. The first-order valence-electron chi connectivity index (χ1n) is 4.70. The SMILES string of the molecule is CC(O)(CN)CCc1ccc(F)cc1. The number of aliphatic hydroxyl groups is 1. The summed E-state index contributed by atoms with van der Waals surface area (Å²) in [5.74, 6) is -0.237. The zero-order chi connectivity index (χ0) is 10.6. The van der Waals surface area contributed by atoms with Crippen LogP contribution < -0.4 is 5.73 Å². The van der Waals surface area contributed by atoms with Gasteiger partial charge in [0.05, 0.1) is 5.60 Å². The molecule has 3 heteroatoms. The third-order valence-electron chi connectivity index (χ3n) is 2.31. The molecule has 0 amide bonds. The number of rotatable bonds is 4. The maximum Gasteiger partial charge on any atom is 0.123 e. The molecular weight excluding hydrogens is 181 g/mol. The minimum absolute atomic E-state index is 0.237. The lowest BCUT2D eigenvalue weighted by molar-refractivity contribution is 0.0603. The topological polar surface area (TPSA) is 46.2 Å². The lowest BCUT2D eigenvalue weighted by Gasteiger charge is -2.20. The van der Waals surface area contributed by atoms with Gasteiger partial charge in [-0.1, -0.05) is 12.1 Å². The maximum absolute atomic E-state index is 12.6. The fraction of sp³-hybridized carbons (Fsp3) is 0.455. The van der Waals surface area contributed by atoms with Crippen LogP contribution in [-0.4, -0.2) is 17.3 Å². The minimum Gasteiger partial charge on any atom is -0.389 e. The number of halogens is 1. The van der Waals surface area contributed by atoms with E-state index in [2.05, 4.69) is 0 Å². The summed E-state index contributed by atoms with van der Waals surface area (Å²) in [5.41, 5.74) is 5.57. The molecule has 1 rings (SSSR count). The average Bonchev–Trinajstić information content (AvgIpc) is 2.17. The summed E-state index contributed by atoms with van der Waals surface area (Å²) in [6.07, 6.45) is 1.31. The van der Waals surface area contributed by atoms with Crippen LogP contribution in [0.1, 0.15) is 18.9 Å². The fourth-order valence-electron chi connectivity index (χ4n) is 1.17. The average molecular weight is 197 g/mol. The first-order valence-corrected chi connectivity index (χ1v) is 4.70. The first kappa shape index (κ1) is 11.1. The minimum atomic E-state index is -0.825. The highest BCUT2D eigenvalue weighted by molar-refractivity contribution is 5.16. The molecule has 1 unspecified atom stereocenters. The van der Waals surface area contributed by atoms with Gasteiger partial charge < -0.3 is 10.8 Å². The van der Waals surface area contributed by atoms with Crippen molar-refractivity contribution in [2.75, 3.05) is 6.54 Å². The Morgan fingerprint density at radius 3 is 2.43 bits per heavy atom. The van der Waals surface area contributed by atoms with Crippen LogP contribution in [0.5, 0.6) is 0 Å². The smallest absolute Gasteiger partial charge is 0.123 e. The van der Waals surface area contributed by atoms with E-state index in [1.165, 1.54) is 12.1 Å². The predicted molar refractivity (Wildman–Crippen MR) is 54.4 cm³/mol. The van der Waals surface area contributed by atoms with E-state index in [0.717, 1.165) is 5.56 Å². The lowest BCUT2D eigenvalue weighted by atomic mass is 9.97. The van der Waals surface area contributed by atoms with Gasteiger partial charge in [-0.05, 0) is 37.5 Å². The number of aryl methyl sites for hydroxylation is 1. The van der Waals surface area contributed by atoms with Crippen LogP contribution in [0.3, 0.4) is 0 Å². The Hall–Kier alpha value is -0.930. The Labute approximate surface area is 83.6 Å². The Morgan fingerprint density at radius 1 is 1.36 bits per heavy atom. The number of benzene rings is 1. The molecule has 0 heterocycles. The van der Waals surface area contributed by atoms with Gasteiger partial charge in [-0.3, -0.25) is 0 Å². The molecule has 0 bridgehead atoms. The quantitative estimate of drug-likeness (QED) is 0.767. The zero-order valence-electron chi connectivity index (χ0n) is 8.33. The molecule has 0 saturated carbocycles. The van der Waals surface area contributed by atoms with Gasteiger partial charge in [0, 0.05) is 6.54 Å². The molecule has 78 valence electrons. The van der Waals surface area contributed by atoms with Gasteiger partial charge in [-0.25, -0.2) is 4.39 Å². The molecular formula is C11H16FNO. The molecule has 0 radical (unpaired) electrons. The molecule has 0 spiro atoms. The van der Waals surface area contributed by atoms with Crippen LogP contribution in [-0.2, 0) is 6.42 Å². The van der Waals surface area contributed by atoms with E-state index in [-0.39, 0.29) is 12.4 Å². The molecule has 0 saturated heterocycles. The van der Waals surface area contributed by atoms with Crippen molar-refractivity contribution in [3.8, 4) is 0 Å². The van der Waals surface area contributed by atoms with Gasteiger partial charge in [0.25, 0.3) is 0 Å². The summed E-state index contributed by atoms with van der Waals surface area (Å²) in [7, 11) is 0. The summed E-state index contributed by atoms with van der Waals surface area (Å²) < 4.78 is 12.6. The van der Waals surface area contributed by atoms with Gasteiger partial charge in [0.2, 0.25) is 0 Å². The van der Waals surface area contributed by atoms with Crippen molar-refractivity contribution in [2.45, 2.75) is 25.4 Å². The van der Waals surface area contributed by atoms with Crippen molar-refractivity contribution in [1.29, 1.82) is 0 Å². The van der Waals surface area contributed by atoms with E-state index in [4.69, 9.17) is 5.73 Å². The van der Waals surface area contributed by atoms with E-state index in [1.54, 1.807) is 19.1 Å². The highest BCUT2D eigenvalue weighted by Gasteiger charge is 2.17. The Bertz CT molecular complexity index is 282. The summed E-state index contributed by atoms with van der Waals surface area (Å²) >= 11 is 0. The normalized spacial score (nSPS) is 15.1. The fourth-order valence-corrected chi connectivity index (χ4v) is 1.17. The highest BCUT2D eigenvalue weighted by Crippen LogP contribution is 2.13.